The van der Waals surface area contributed by atoms with Crippen molar-refractivity contribution in [2.24, 2.45) is 5.73 Å². The fraction of sp³-hybridized carbons (Fsp3) is 0.600. The maximum atomic E-state index is 6.26. The molecule has 0 aromatic heterocycles. The molecule has 0 aliphatic carbocycles. The molecule has 106 valence electrons. The Balaban J connectivity index is 1.83. The van der Waals surface area contributed by atoms with Crippen LogP contribution in [0.3, 0.4) is 0 Å². The van der Waals surface area contributed by atoms with Crippen LogP contribution in [0.4, 0.5) is 0 Å². The van der Waals surface area contributed by atoms with Crippen LogP contribution in [0.5, 0.6) is 0 Å². The first-order valence-electron chi connectivity index (χ1n) is 7.04. The van der Waals surface area contributed by atoms with Gasteiger partial charge >= 0.3 is 0 Å². The Hall–Kier alpha value is -0.220. The van der Waals surface area contributed by atoms with Crippen LogP contribution in [-0.4, -0.2) is 35.5 Å². The summed E-state index contributed by atoms with van der Waals surface area (Å²) in [5, 5.41) is 1.58. The molecule has 1 aromatic carbocycles. The summed E-state index contributed by atoms with van der Waals surface area (Å²) in [5.41, 5.74) is 7.34. The molecule has 2 rings (SSSR count). The Morgan fingerprint density at radius 1 is 1.47 bits per heavy atom. The molecule has 1 heterocycles. The van der Waals surface area contributed by atoms with Crippen molar-refractivity contribution >= 4 is 23.4 Å². The van der Waals surface area contributed by atoms with Gasteiger partial charge in [0.15, 0.2) is 0 Å². The number of thioether (sulfide) groups is 1. The van der Waals surface area contributed by atoms with Crippen molar-refractivity contribution in [3.63, 3.8) is 0 Å². The van der Waals surface area contributed by atoms with Crippen molar-refractivity contribution in [1.82, 2.24) is 4.90 Å². The highest BCUT2D eigenvalue weighted by Gasteiger charge is 2.19. The fourth-order valence-corrected chi connectivity index (χ4v) is 4.01. The van der Waals surface area contributed by atoms with E-state index < -0.39 is 0 Å². The van der Waals surface area contributed by atoms with E-state index in [0.29, 0.717) is 0 Å². The summed E-state index contributed by atoms with van der Waals surface area (Å²) in [5.74, 6) is 1.25. The smallest absolute Gasteiger partial charge is 0.0453 e. The van der Waals surface area contributed by atoms with E-state index in [1.54, 1.807) is 0 Å². The topological polar surface area (TPSA) is 29.3 Å². The molecule has 1 aliphatic rings. The van der Waals surface area contributed by atoms with Crippen molar-refractivity contribution in [3.05, 3.63) is 34.9 Å². The molecule has 0 saturated carbocycles. The van der Waals surface area contributed by atoms with E-state index in [4.69, 9.17) is 17.3 Å². The van der Waals surface area contributed by atoms with Gasteiger partial charge < -0.3 is 10.6 Å². The molecular formula is C15H23ClN2S. The minimum atomic E-state index is 0.0448. The van der Waals surface area contributed by atoms with Gasteiger partial charge in [0, 0.05) is 41.7 Å². The lowest BCUT2D eigenvalue weighted by Crippen LogP contribution is -2.39. The van der Waals surface area contributed by atoms with Crippen LogP contribution in [0.1, 0.15) is 31.4 Å². The largest absolute Gasteiger partial charge is 0.324 e. The molecule has 2 N–H and O–H groups in total. The highest BCUT2D eigenvalue weighted by atomic mass is 35.5. The quantitative estimate of drug-likeness (QED) is 0.901. The predicted molar refractivity (Wildman–Crippen MR) is 86.0 cm³/mol. The molecule has 2 nitrogen and oxygen atoms in total. The number of nitrogens with two attached hydrogens (primary N) is 1. The lowest BCUT2D eigenvalue weighted by Gasteiger charge is -2.32. The Labute approximate surface area is 125 Å². The lowest BCUT2D eigenvalue weighted by molar-refractivity contribution is 0.270. The summed E-state index contributed by atoms with van der Waals surface area (Å²) >= 11 is 8.30. The second kappa shape index (κ2) is 7.53. The Morgan fingerprint density at radius 3 is 3.00 bits per heavy atom. The molecule has 1 fully saturated rings. The summed E-state index contributed by atoms with van der Waals surface area (Å²) < 4.78 is 0. The van der Waals surface area contributed by atoms with Crippen molar-refractivity contribution in [3.8, 4) is 0 Å². The van der Waals surface area contributed by atoms with Crippen molar-refractivity contribution in [2.45, 2.75) is 31.1 Å². The van der Waals surface area contributed by atoms with Gasteiger partial charge in [0.2, 0.25) is 0 Å². The summed E-state index contributed by atoms with van der Waals surface area (Å²) in [6, 6.07) is 7.95. The number of nitrogens with zero attached hydrogens (tertiary/aromatic N) is 1. The van der Waals surface area contributed by atoms with Crippen LogP contribution in [0.25, 0.3) is 0 Å². The van der Waals surface area contributed by atoms with E-state index in [1.807, 2.05) is 24.3 Å². The molecule has 0 amide bonds. The molecule has 1 aromatic rings. The van der Waals surface area contributed by atoms with Gasteiger partial charge in [-0.3, -0.25) is 0 Å². The molecule has 19 heavy (non-hydrogen) atoms. The number of halogens is 1. The number of hydrogen-bond acceptors (Lipinski definition) is 3. The first-order chi connectivity index (χ1) is 9.20. The van der Waals surface area contributed by atoms with E-state index >= 15 is 0 Å². The molecule has 0 bridgehead atoms. The first-order valence-corrected chi connectivity index (χ1v) is 8.47. The first kappa shape index (κ1) is 15.2. The summed E-state index contributed by atoms with van der Waals surface area (Å²) in [7, 11) is 0. The van der Waals surface area contributed by atoms with E-state index in [2.05, 4.69) is 23.6 Å². The summed E-state index contributed by atoms with van der Waals surface area (Å²) in [4.78, 5) is 2.54. The third-order valence-corrected chi connectivity index (χ3v) is 5.46. The number of rotatable bonds is 5. The van der Waals surface area contributed by atoms with Gasteiger partial charge in [0.25, 0.3) is 0 Å². The average molecular weight is 299 g/mol. The third-order valence-electron chi connectivity index (χ3n) is 3.74. The maximum Gasteiger partial charge on any atom is 0.0453 e. The van der Waals surface area contributed by atoms with Crippen LogP contribution in [0.2, 0.25) is 5.02 Å². The Bertz CT molecular complexity index is 399. The maximum absolute atomic E-state index is 6.26. The standard InChI is InChI=1S/C15H23ClN2S/c1-2-12-11-18(9-10-19-12)8-7-15(17)13-5-3-4-6-14(13)16/h3-6,12,15H,2,7-11,17H2,1H3. The Kier molecular flexibility index (Phi) is 6.02. The normalized spacial score (nSPS) is 22.4. The molecule has 0 spiro atoms. The summed E-state index contributed by atoms with van der Waals surface area (Å²) in [6.45, 7) is 5.74. The van der Waals surface area contributed by atoms with Crippen molar-refractivity contribution in [1.29, 1.82) is 0 Å². The van der Waals surface area contributed by atoms with E-state index in [9.17, 15) is 0 Å². The molecule has 2 atom stereocenters. The van der Waals surface area contributed by atoms with Gasteiger partial charge in [-0.15, -0.1) is 0 Å². The van der Waals surface area contributed by atoms with Crippen LogP contribution in [0.15, 0.2) is 24.3 Å². The van der Waals surface area contributed by atoms with Crippen LogP contribution >= 0.6 is 23.4 Å². The highest BCUT2D eigenvalue weighted by Crippen LogP contribution is 2.25. The van der Waals surface area contributed by atoms with E-state index in [0.717, 1.165) is 28.8 Å². The number of benzene rings is 1. The monoisotopic (exact) mass is 298 g/mol. The van der Waals surface area contributed by atoms with Gasteiger partial charge in [-0.05, 0) is 24.5 Å². The van der Waals surface area contributed by atoms with Crippen LogP contribution in [0, 0.1) is 0 Å². The second-order valence-electron chi connectivity index (χ2n) is 5.12. The van der Waals surface area contributed by atoms with Crippen molar-refractivity contribution in [2.75, 3.05) is 25.4 Å². The van der Waals surface area contributed by atoms with Gasteiger partial charge in [-0.1, -0.05) is 36.7 Å². The molecule has 1 saturated heterocycles. The van der Waals surface area contributed by atoms with Gasteiger partial charge in [-0.2, -0.15) is 11.8 Å². The minimum Gasteiger partial charge on any atom is -0.324 e. The SMILES string of the molecule is CCC1CN(CCC(N)c2ccccc2Cl)CCS1. The zero-order valence-corrected chi connectivity index (χ0v) is 13.1. The van der Waals surface area contributed by atoms with Crippen LogP contribution < -0.4 is 5.73 Å². The van der Waals surface area contributed by atoms with Crippen LogP contribution in [-0.2, 0) is 0 Å². The summed E-state index contributed by atoms with van der Waals surface area (Å²) in [6.07, 6.45) is 2.24. The second-order valence-corrected chi connectivity index (χ2v) is 6.93. The molecule has 1 aliphatic heterocycles. The lowest BCUT2D eigenvalue weighted by atomic mass is 10.0. The number of hydrogen-bond donors (Lipinski definition) is 1. The average Bonchev–Trinajstić information content (AvgIpc) is 2.45. The molecule has 4 heteroatoms. The molecule has 2 unspecified atom stereocenters. The van der Waals surface area contributed by atoms with Crippen molar-refractivity contribution < 1.29 is 0 Å². The van der Waals surface area contributed by atoms with Gasteiger partial charge in [0.05, 0.1) is 0 Å². The highest BCUT2D eigenvalue weighted by molar-refractivity contribution is 8.00. The molecule has 0 radical (unpaired) electrons. The molecular weight excluding hydrogens is 276 g/mol. The minimum absolute atomic E-state index is 0.0448. The third kappa shape index (κ3) is 4.38. The van der Waals surface area contributed by atoms with E-state index in [-0.39, 0.29) is 6.04 Å². The predicted octanol–water partition coefficient (Wildman–Crippen LogP) is 3.56. The van der Waals surface area contributed by atoms with Gasteiger partial charge in [-0.25, -0.2) is 0 Å². The van der Waals surface area contributed by atoms with Gasteiger partial charge in [0.1, 0.15) is 0 Å². The zero-order chi connectivity index (χ0) is 13.7. The van der Waals surface area contributed by atoms with E-state index in [1.165, 1.54) is 25.3 Å². The zero-order valence-electron chi connectivity index (χ0n) is 11.5. The Morgan fingerprint density at radius 2 is 2.26 bits per heavy atom. The fourth-order valence-electron chi connectivity index (χ4n) is 2.48.